The first-order chi connectivity index (χ1) is 25.3. The predicted molar refractivity (Wildman–Crippen MR) is 211 cm³/mol. The van der Waals surface area contributed by atoms with Gasteiger partial charge >= 0.3 is 6.09 Å². The molecule has 7 nitrogen and oxygen atoms in total. The van der Waals surface area contributed by atoms with Gasteiger partial charge in [-0.2, -0.15) is 0 Å². The van der Waals surface area contributed by atoms with E-state index >= 15 is 0 Å². The van der Waals surface area contributed by atoms with E-state index in [1.54, 1.807) is 20.8 Å². The Morgan fingerprint density at radius 3 is 1.66 bits per heavy atom. The van der Waals surface area contributed by atoms with Crippen LogP contribution in [0.15, 0.2) is 146 Å². The lowest BCUT2D eigenvalue weighted by Crippen LogP contribution is -2.51. The van der Waals surface area contributed by atoms with E-state index in [-0.39, 0.29) is 11.8 Å². The Kier molecular flexibility index (Phi) is 10.9. The zero-order valence-corrected chi connectivity index (χ0v) is 31.4. The molecule has 5 aromatic carbocycles. The van der Waals surface area contributed by atoms with Crippen LogP contribution in [0.4, 0.5) is 4.79 Å². The molecular formula is C46H49N3O4. The number of benzene rings is 5. The number of fused-ring (bicyclic) bond motifs is 1. The number of carbonyl (C=O) groups is 2. The second-order valence-corrected chi connectivity index (χ2v) is 15.5. The number of alkyl carbamates (subject to hydrolysis) is 1. The van der Waals surface area contributed by atoms with E-state index < -0.39 is 29.2 Å². The van der Waals surface area contributed by atoms with Crippen LogP contribution < -0.4 is 10.8 Å². The van der Waals surface area contributed by atoms with Gasteiger partial charge in [-0.25, -0.2) is 10.3 Å². The lowest BCUT2D eigenvalue weighted by molar-refractivity contribution is -0.145. The molecule has 272 valence electrons. The molecule has 1 aromatic heterocycles. The molecule has 0 saturated heterocycles. The summed E-state index contributed by atoms with van der Waals surface area (Å²) in [6.45, 7) is 12.7. The topological polar surface area (TPSA) is 81.6 Å². The Balaban J connectivity index is 1.35. The van der Waals surface area contributed by atoms with Crippen LogP contribution in [-0.4, -0.2) is 28.2 Å². The molecule has 0 aliphatic heterocycles. The van der Waals surface area contributed by atoms with Crippen LogP contribution in [-0.2, 0) is 38.4 Å². The van der Waals surface area contributed by atoms with Crippen LogP contribution in [0.3, 0.4) is 0 Å². The van der Waals surface area contributed by atoms with Gasteiger partial charge in [-0.05, 0) is 65.6 Å². The minimum atomic E-state index is -1.20. The monoisotopic (exact) mass is 707 g/mol. The minimum Gasteiger partial charge on any atom is -0.444 e. The third-order valence-electron chi connectivity index (χ3n) is 9.32. The summed E-state index contributed by atoms with van der Waals surface area (Å²) in [7, 11) is 0. The number of amides is 2. The Bertz CT molecular complexity index is 2030. The number of nitrogens with zero attached hydrogens (tertiary/aromatic N) is 1. The maximum absolute atomic E-state index is 14.4. The van der Waals surface area contributed by atoms with Crippen molar-refractivity contribution in [1.82, 2.24) is 15.4 Å². The van der Waals surface area contributed by atoms with E-state index in [0.717, 1.165) is 33.2 Å². The van der Waals surface area contributed by atoms with E-state index in [4.69, 9.17) is 9.57 Å². The van der Waals surface area contributed by atoms with Crippen molar-refractivity contribution >= 4 is 22.9 Å². The number of hydroxylamine groups is 1. The zero-order chi connectivity index (χ0) is 37.6. The number of aromatic nitrogens is 1. The third-order valence-corrected chi connectivity index (χ3v) is 9.32. The van der Waals surface area contributed by atoms with Gasteiger partial charge in [0.15, 0.2) is 5.60 Å². The number of rotatable bonds is 11. The van der Waals surface area contributed by atoms with Crippen molar-refractivity contribution in [3.05, 3.63) is 179 Å². The Morgan fingerprint density at radius 2 is 1.15 bits per heavy atom. The van der Waals surface area contributed by atoms with Gasteiger partial charge in [0.25, 0.3) is 5.91 Å². The number of carbonyl (C=O) groups excluding carboxylic acids is 2. The van der Waals surface area contributed by atoms with E-state index in [0.29, 0.717) is 6.54 Å². The molecule has 1 heterocycles. The maximum Gasteiger partial charge on any atom is 0.408 e. The Labute approximate surface area is 312 Å². The molecule has 2 amide bonds. The molecule has 6 rings (SSSR count). The highest BCUT2D eigenvalue weighted by molar-refractivity contribution is 5.88. The van der Waals surface area contributed by atoms with Crippen molar-refractivity contribution in [1.29, 1.82) is 0 Å². The van der Waals surface area contributed by atoms with Gasteiger partial charge < -0.3 is 14.6 Å². The molecule has 1 unspecified atom stereocenters. The summed E-state index contributed by atoms with van der Waals surface area (Å²) >= 11 is 0. The average Bonchev–Trinajstić information content (AvgIpc) is 3.48. The van der Waals surface area contributed by atoms with E-state index in [1.807, 2.05) is 109 Å². The molecule has 6 aromatic rings. The summed E-state index contributed by atoms with van der Waals surface area (Å²) in [6, 6.07) is 45.2. The molecule has 2 N–H and O–H groups in total. The van der Waals surface area contributed by atoms with Gasteiger partial charge in [0, 0.05) is 30.1 Å². The molecule has 0 fully saturated rings. The molecule has 0 bridgehead atoms. The number of hydrogen-bond donors (Lipinski definition) is 2. The van der Waals surface area contributed by atoms with Gasteiger partial charge in [-0.3, -0.25) is 9.63 Å². The number of hydrogen-bond acceptors (Lipinski definition) is 4. The second-order valence-electron chi connectivity index (χ2n) is 15.5. The van der Waals surface area contributed by atoms with Crippen LogP contribution in [0.25, 0.3) is 10.9 Å². The zero-order valence-electron chi connectivity index (χ0n) is 31.4. The summed E-state index contributed by atoms with van der Waals surface area (Å²) in [5.41, 5.74) is 7.77. The number of para-hydroxylation sites is 1. The maximum atomic E-state index is 14.4. The molecule has 53 heavy (non-hydrogen) atoms. The lowest BCUT2D eigenvalue weighted by atomic mass is 9.80. The number of ether oxygens (including phenoxy) is 1. The van der Waals surface area contributed by atoms with Crippen LogP contribution in [0.5, 0.6) is 0 Å². The van der Waals surface area contributed by atoms with Crippen molar-refractivity contribution in [2.45, 2.75) is 77.2 Å². The molecule has 0 aliphatic carbocycles. The predicted octanol–water partition coefficient (Wildman–Crippen LogP) is 9.46. The molecule has 0 saturated carbocycles. The molecule has 7 heteroatoms. The minimum absolute atomic E-state index is 0.0647. The molecule has 1 atom stereocenters. The normalized spacial score (nSPS) is 12.6. The first kappa shape index (κ1) is 37.1. The first-order valence-electron chi connectivity index (χ1n) is 18.1. The van der Waals surface area contributed by atoms with Crippen molar-refractivity contribution in [3.8, 4) is 0 Å². The van der Waals surface area contributed by atoms with Crippen LogP contribution in [0.1, 0.15) is 74.9 Å². The van der Waals surface area contributed by atoms with Crippen LogP contribution in [0.2, 0.25) is 0 Å². The molecular weight excluding hydrogens is 659 g/mol. The third kappa shape index (κ3) is 8.70. The fourth-order valence-electron chi connectivity index (χ4n) is 6.70. The summed E-state index contributed by atoms with van der Waals surface area (Å²) in [4.78, 5) is 34.4. The summed E-state index contributed by atoms with van der Waals surface area (Å²) in [6.07, 6.45) is 1.57. The van der Waals surface area contributed by atoms with Crippen molar-refractivity contribution in [3.63, 3.8) is 0 Å². The quantitative estimate of drug-likeness (QED) is 0.104. The highest BCUT2D eigenvalue weighted by Gasteiger charge is 2.40. The standard InChI is InChI=1S/C46H49N3O4/c1-44(2,3)35-28-26-33(27-29-35)31-49-32-34(39-24-16-17-25-41(39)49)30-40(47-43(51)52-45(4,5)6)42(50)48-53-46(36-18-10-7-11-19-36,37-20-12-8-13-21-37)38-22-14-9-15-23-38/h7-29,32,40H,30-31H2,1-6H3,(H,47,51)(H,48,50). The van der Waals surface area contributed by atoms with Crippen LogP contribution >= 0.6 is 0 Å². The highest BCUT2D eigenvalue weighted by Crippen LogP contribution is 2.39. The second kappa shape index (κ2) is 15.5. The average molecular weight is 708 g/mol. The molecule has 0 radical (unpaired) electrons. The van der Waals surface area contributed by atoms with Crippen molar-refractivity contribution in [2.24, 2.45) is 0 Å². The fraction of sp³-hybridized carbons (Fsp3) is 0.261. The van der Waals surface area contributed by atoms with Crippen molar-refractivity contribution < 1.29 is 19.2 Å². The largest absolute Gasteiger partial charge is 0.444 e. The summed E-state index contributed by atoms with van der Waals surface area (Å²) in [5.74, 6) is -0.516. The summed E-state index contributed by atoms with van der Waals surface area (Å²) in [5, 5.41) is 3.85. The van der Waals surface area contributed by atoms with Gasteiger partial charge in [0.1, 0.15) is 11.6 Å². The number of nitrogens with one attached hydrogen (secondary N) is 2. The Morgan fingerprint density at radius 1 is 0.642 bits per heavy atom. The van der Waals surface area contributed by atoms with Crippen molar-refractivity contribution in [2.75, 3.05) is 0 Å². The highest BCUT2D eigenvalue weighted by atomic mass is 16.7. The smallest absolute Gasteiger partial charge is 0.408 e. The van der Waals surface area contributed by atoms with Crippen LogP contribution in [0, 0.1) is 0 Å². The van der Waals surface area contributed by atoms with E-state index in [2.05, 4.69) is 72.7 Å². The first-order valence-corrected chi connectivity index (χ1v) is 18.1. The molecule has 0 aliphatic rings. The SMILES string of the molecule is CC(C)(C)OC(=O)NC(Cc1cn(Cc2ccc(C(C)(C)C)cc2)c2ccccc12)C(=O)NOC(c1ccccc1)(c1ccccc1)c1ccccc1. The molecule has 0 spiro atoms. The fourth-order valence-corrected chi connectivity index (χ4v) is 6.70. The van der Waals surface area contributed by atoms with Gasteiger partial charge in [-0.1, -0.05) is 154 Å². The lowest BCUT2D eigenvalue weighted by Gasteiger charge is -2.35. The summed E-state index contributed by atoms with van der Waals surface area (Å²) < 4.78 is 7.83. The van der Waals surface area contributed by atoms with Gasteiger partial charge in [0.2, 0.25) is 0 Å². The van der Waals surface area contributed by atoms with E-state index in [1.165, 1.54) is 11.1 Å². The Hall–Kier alpha value is -5.66. The van der Waals surface area contributed by atoms with E-state index in [9.17, 15) is 9.59 Å². The van der Waals surface area contributed by atoms with Gasteiger partial charge in [-0.15, -0.1) is 0 Å². The van der Waals surface area contributed by atoms with Gasteiger partial charge in [0.05, 0.1) is 0 Å².